The van der Waals surface area contributed by atoms with Gasteiger partial charge in [-0.05, 0) is 18.6 Å². The Kier molecular flexibility index (Phi) is 4.72. The van der Waals surface area contributed by atoms with Gasteiger partial charge in [0.15, 0.2) is 5.15 Å². The van der Waals surface area contributed by atoms with Crippen LogP contribution in [0.4, 0.5) is 5.69 Å². The number of hydrogen-bond acceptors (Lipinski definition) is 3. The maximum Gasteiger partial charge on any atom is 0.313 e. The molecule has 0 aromatic carbocycles. The van der Waals surface area contributed by atoms with Gasteiger partial charge in [-0.1, -0.05) is 18.5 Å². The molecule has 0 atom stereocenters. The Morgan fingerprint density at radius 3 is 2.81 bits per heavy atom. The van der Waals surface area contributed by atoms with Crippen LogP contribution < -0.4 is 10.6 Å². The Balaban J connectivity index is 2.58. The molecule has 0 bridgehead atoms. The van der Waals surface area contributed by atoms with E-state index in [1.165, 1.54) is 6.20 Å². The summed E-state index contributed by atoms with van der Waals surface area (Å²) in [5, 5.41) is 4.98. The van der Waals surface area contributed by atoms with E-state index in [-0.39, 0.29) is 5.15 Å². The molecule has 0 aliphatic rings. The SMILES string of the molecule is CCCNC(=O)C(=O)Nc1cccnc1Cl. The largest absolute Gasteiger partial charge is 0.348 e. The predicted octanol–water partition coefficient (Wildman–Crippen LogP) is 1.20. The summed E-state index contributed by atoms with van der Waals surface area (Å²) in [6, 6.07) is 3.19. The van der Waals surface area contributed by atoms with Crippen LogP contribution in [0.15, 0.2) is 18.3 Å². The second-order valence-corrected chi connectivity index (χ2v) is 3.41. The molecule has 0 radical (unpaired) electrons. The third kappa shape index (κ3) is 3.51. The first-order valence-corrected chi connectivity index (χ1v) is 5.22. The van der Waals surface area contributed by atoms with E-state index >= 15 is 0 Å². The fourth-order valence-corrected chi connectivity index (χ4v) is 1.14. The topological polar surface area (TPSA) is 71.1 Å². The van der Waals surface area contributed by atoms with E-state index in [9.17, 15) is 9.59 Å². The molecule has 16 heavy (non-hydrogen) atoms. The van der Waals surface area contributed by atoms with Crippen molar-refractivity contribution in [2.24, 2.45) is 0 Å². The fraction of sp³-hybridized carbons (Fsp3) is 0.300. The van der Waals surface area contributed by atoms with Crippen molar-refractivity contribution in [3.63, 3.8) is 0 Å². The van der Waals surface area contributed by atoms with Crippen molar-refractivity contribution in [2.45, 2.75) is 13.3 Å². The molecule has 0 spiro atoms. The molecule has 2 amide bonds. The lowest BCUT2D eigenvalue weighted by Gasteiger charge is -2.06. The zero-order chi connectivity index (χ0) is 12.0. The lowest BCUT2D eigenvalue weighted by atomic mass is 10.4. The number of nitrogens with one attached hydrogen (secondary N) is 2. The molecule has 0 saturated carbocycles. The summed E-state index contributed by atoms with van der Waals surface area (Å²) < 4.78 is 0. The Morgan fingerprint density at radius 2 is 2.19 bits per heavy atom. The highest BCUT2D eigenvalue weighted by atomic mass is 35.5. The third-order valence-electron chi connectivity index (χ3n) is 1.75. The first-order valence-electron chi connectivity index (χ1n) is 4.85. The van der Waals surface area contributed by atoms with E-state index in [2.05, 4.69) is 15.6 Å². The fourth-order valence-electron chi connectivity index (χ4n) is 0.977. The molecule has 86 valence electrons. The second-order valence-electron chi connectivity index (χ2n) is 3.05. The van der Waals surface area contributed by atoms with Crippen LogP contribution >= 0.6 is 11.6 Å². The van der Waals surface area contributed by atoms with Crippen LogP contribution in [0.1, 0.15) is 13.3 Å². The molecule has 0 aliphatic carbocycles. The van der Waals surface area contributed by atoms with E-state index in [1.807, 2.05) is 6.92 Å². The Bertz CT molecular complexity index is 395. The normalized spacial score (nSPS) is 9.62. The smallest absolute Gasteiger partial charge is 0.313 e. The van der Waals surface area contributed by atoms with Gasteiger partial charge in [-0.2, -0.15) is 0 Å². The lowest BCUT2D eigenvalue weighted by molar-refractivity contribution is -0.136. The quantitative estimate of drug-likeness (QED) is 0.617. The zero-order valence-corrected chi connectivity index (χ0v) is 9.54. The van der Waals surface area contributed by atoms with Gasteiger partial charge in [0.2, 0.25) is 0 Å². The molecule has 0 fully saturated rings. The number of nitrogens with zero attached hydrogens (tertiary/aromatic N) is 1. The van der Waals surface area contributed by atoms with Crippen molar-refractivity contribution >= 4 is 29.1 Å². The maximum atomic E-state index is 11.4. The highest BCUT2D eigenvalue weighted by Gasteiger charge is 2.14. The van der Waals surface area contributed by atoms with Crippen LogP contribution in [0.3, 0.4) is 0 Å². The second kappa shape index (κ2) is 6.07. The van der Waals surface area contributed by atoms with E-state index in [1.54, 1.807) is 12.1 Å². The minimum absolute atomic E-state index is 0.152. The molecule has 1 rings (SSSR count). The van der Waals surface area contributed by atoms with Gasteiger partial charge in [0.05, 0.1) is 5.69 Å². The number of rotatable bonds is 3. The maximum absolute atomic E-state index is 11.4. The van der Waals surface area contributed by atoms with E-state index < -0.39 is 11.8 Å². The standard InChI is InChI=1S/C10H12ClN3O2/c1-2-5-13-9(15)10(16)14-7-4-3-6-12-8(7)11/h3-4,6H,2,5H2,1H3,(H,13,15)(H,14,16). The van der Waals surface area contributed by atoms with Crippen molar-refractivity contribution < 1.29 is 9.59 Å². The molecular weight excluding hydrogens is 230 g/mol. The van der Waals surface area contributed by atoms with Gasteiger partial charge in [-0.15, -0.1) is 0 Å². The zero-order valence-electron chi connectivity index (χ0n) is 8.79. The van der Waals surface area contributed by atoms with Gasteiger partial charge in [0.1, 0.15) is 0 Å². The van der Waals surface area contributed by atoms with Gasteiger partial charge in [-0.25, -0.2) is 4.98 Å². The van der Waals surface area contributed by atoms with Crippen LogP contribution in [0.25, 0.3) is 0 Å². The molecule has 1 aromatic heterocycles. The van der Waals surface area contributed by atoms with Gasteiger partial charge < -0.3 is 10.6 Å². The number of aromatic nitrogens is 1. The van der Waals surface area contributed by atoms with Gasteiger partial charge in [-0.3, -0.25) is 9.59 Å². The summed E-state index contributed by atoms with van der Waals surface area (Å²) >= 11 is 5.72. The van der Waals surface area contributed by atoms with Crippen LogP contribution in [0.2, 0.25) is 5.15 Å². The van der Waals surface area contributed by atoms with Crippen LogP contribution in [0, 0.1) is 0 Å². The predicted molar refractivity (Wildman–Crippen MR) is 61.2 cm³/mol. The summed E-state index contributed by atoms with van der Waals surface area (Å²) in [5.74, 6) is -1.43. The molecule has 5 nitrogen and oxygen atoms in total. The number of halogens is 1. The number of anilines is 1. The van der Waals surface area contributed by atoms with Gasteiger partial charge in [0, 0.05) is 12.7 Å². The van der Waals surface area contributed by atoms with Crippen LogP contribution in [-0.2, 0) is 9.59 Å². The molecule has 0 aliphatic heterocycles. The van der Waals surface area contributed by atoms with Crippen molar-refractivity contribution in [1.82, 2.24) is 10.3 Å². The average Bonchev–Trinajstić information content (AvgIpc) is 2.28. The highest BCUT2D eigenvalue weighted by molar-refractivity contribution is 6.41. The summed E-state index contributed by atoms with van der Waals surface area (Å²) in [7, 11) is 0. The molecule has 2 N–H and O–H groups in total. The summed E-state index contributed by atoms with van der Waals surface area (Å²) in [4.78, 5) is 26.4. The molecule has 1 heterocycles. The summed E-state index contributed by atoms with van der Waals surface area (Å²) in [6.07, 6.45) is 2.27. The molecule has 1 aromatic rings. The lowest BCUT2D eigenvalue weighted by Crippen LogP contribution is -2.35. The summed E-state index contributed by atoms with van der Waals surface area (Å²) in [5.41, 5.74) is 0.320. The van der Waals surface area contributed by atoms with Crippen molar-refractivity contribution in [3.8, 4) is 0 Å². The van der Waals surface area contributed by atoms with E-state index in [4.69, 9.17) is 11.6 Å². The molecule has 6 heteroatoms. The van der Waals surface area contributed by atoms with Gasteiger partial charge in [0.25, 0.3) is 0 Å². The minimum atomic E-state index is -0.747. The monoisotopic (exact) mass is 241 g/mol. The van der Waals surface area contributed by atoms with E-state index in [0.29, 0.717) is 12.2 Å². The Hall–Kier alpha value is -1.62. The van der Waals surface area contributed by atoms with Crippen LogP contribution in [0.5, 0.6) is 0 Å². The van der Waals surface area contributed by atoms with Crippen molar-refractivity contribution in [3.05, 3.63) is 23.5 Å². The Labute approximate surface area is 98.2 Å². The van der Waals surface area contributed by atoms with Crippen molar-refractivity contribution in [2.75, 3.05) is 11.9 Å². The number of pyridine rings is 1. The molecule has 0 unspecified atom stereocenters. The first kappa shape index (κ1) is 12.4. The molecule has 0 saturated heterocycles. The number of amides is 2. The van der Waals surface area contributed by atoms with Crippen LogP contribution in [-0.4, -0.2) is 23.3 Å². The number of carbonyl (C=O) groups is 2. The van der Waals surface area contributed by atoms with E-state index in [0.717, 1.165) is 6.42 Å². The number of hydrogen-bond donors (Lipinski definition) is 2. The Morgan fingerprint density at radius 1 is 1.44 bits per heavy atom. The average molecular weight is 242 g/mol. The van der Waals surface area contributed by atoms with Crippen molar-refractivity contribution in [1.29, 1.82) is 0 Å². The first-order chi connectivity index (χ1) is 7.65. The highest BCUT2D eigenvalue weighted by Crippen LogP contribution is 2.16. The van der Waals surface area contributed by atoms with Gasteiger partial charge >= 0.3 is 11.8 Å². The number of carbonyl (C=O) groups excluding carboxylic acids is 2. The third-order valence-corrected chi connectivity index (χ3v) is 2.05. The minimum Gasteiger partial charge on any atom is -0.348 e. The summed E-state index contributed by atoms with van der Waals surface area (Å²) in [6.45, 7) is 2.36. The molecular formula is C10H12ClN3O2.